The summed E-state index contributed by atoms with van der Waals surface area (Å²) in [4.78, 5) is 12.4. The first-order chi connectivity index (χ1) is 7.72. The highest BCUT2D eigenvalue weighted by molar-refractivity contribution is 7.80. The molecule has 0 aliphatic carbocycles. The molecule has 0 aliphatic heterocycles. The van der Waals surface area contributed by atoms with E-state index < -0.39 is 0 Å². The molecule has 0 heterocycles. The van der Waals surface area contributed by atoms with Gasteiger partial charge in [-0.05, 0) is 24.1 Å². The maximum Gasteiger partial charge on any atom is 0.224 e. The maximum atomic E-state index is 11.5. The van der Waals surface area contributed by atoms with Gasteiger partial charge in [0.15, 0.2) is 0 Å². The first kappa shape index (κ1) is 13.1. The van der Waals surface area contributed by atoms with E-state index in [0.29, 0.717) is 19.6 Å². The van der Waals surface area contributed by atoms with Crippen LogP contribution in [-0.2, 0) is 16.0 Å². The lowest BCUT2D eigenvalue weighted by atomic mass is 10.1. The van der Waals surface area contributed by atoms with Gasteiger partial charge in [0.25, 0.3) is 0 Å². The van der Waals surface area contributed by atoms with Crippen molar-refractivity contribution in [1.29, 1.82) is 0 Å². The Bertz CT molecular complexity index is 324. The number of hydrogen-bond donors (Lipinski definition) is 2. The molecule has 0 fully saturated rings. The van der Waals surface area contributed by atoms with E-state index in [1.165, 1.54) is 0 Å². The van der Waals surface area contributed by atoms with Crippen LogP contribution in [0.5, 0.6) is 0 Å². The maximum absolute atomic E-state index is 11.5. The van der Waals surface area contributed by atoms with Crippen LogP contribution in [0.25, 0.3) is 0 Å². The van der Waals surface area contributed by atoms with E-state index in [2.05, 4.69) is 17.9 Å². The molecule has 16 heavy (non-hydrogen) atoms. The van der Waals surface area contributed by atoms with Crippen molar-refractivity contribution < 1.29 is 9.53 Å². The Morgan fingerprint density at radius 2 is 2.06 bits per heavy atom. The van der Waals surface area contributed by atoms with Gasteiger partial charge in [-0.25, -0.2) is 0 Å². The van der Waals surface area contributed by atoms with Gasteiger partial charge < -0.3 is 10.1 Å². The SMILES string of the molecule is COCCCNC(=O)Cc1ccc(S)cc1. The van der Waals surface area contributed by atoms with Gasteiger partial charge in [-0.15, -0.1) is 12.6 Å². The quantitative estimate of drug-likeness (QED) is 0.585. The minimum atomic E-state index is 0.0445. The van der Waals surface area contributed by atoms with Crippen LogP contribution in [0.4, 0.5) is 0 Å². The van der Waals surface area contributed by atoms with Gasteiger partial charge in [-0.3, -0.25) is 4.79 Å². The van der Waals surface area contributed by atoms with Crippen LogP contribution in [0.3, 0.4) is 0 Å². The van der Waals surface area contributed by atoms with E-state index in [0.717, 1.165) is 16.9 Å². The summed E-state index contributed by atoms with van der Waals surface area (Å²) in [6, 6.07) is 7.60. The fraction of sp³-hybridized carbons (Fsp3) is 0.417. The molecular formula is C12H17NO2S. The van der Waals surface area contributed by atoms with Crippen molar-refractivity contribution in [1.82, 2.24) is 5.32 Å². The van der Waals surface area contributed by atoms with Crippen LogP contribution in [-0.4, -0.2) is 26.2 Å². The number of ether oxygens (including phenoxy) is 1. The van der Waals surface area contributed by atoms with E-state index in [1.54, 1.807) is 7.11 Å². The second-order valence-corrected chi connectivity index (χ2v) is 4.06. The zero-order chi connectivity index (χ0) is 11.8. The molecule has 0 saturated carbocycles. The van der Waals surface area contributed by atoms with Gasteiger partial charge in [-0.1, -0.05) is 12.1 Å². The van der Waals surface area contributed by atoms with Crippen molar-refractivity contribution in [2.24, 2.45) is 0 Å². The second kappa shape index (κ2) is 7.30. The number of amides is 1. The highest BCUT2D eigenvalue weighted by Crippen LogP contribution is 2.07. The summed E-state index contributed by atoms with van der Waals surface area (Å²) >= 11 is 4.19. The zero-order valence-corrected chi connectivity index (χ0v) is 10.3. The topological polar surface area (TPSA) is 38.3 Å². The molecule has 0 aliphatic rings. The number of benzene rings is 1. The second-order valence-electron chi connectivity index (χ2n) is 3.54. The Balaban J connectivity index is 2.26. The van der Waals surface area contributed by atoms with Gasteiger partial charge >= 0.3 is 0 Å². The normalized spacial score (nSPS) is 10.1. The van der Waals surface area contributed by atoms with Crippen molar-refractivity contribution in [3.8, 4) is 0 Å². The van der Waals surface area contributed by atoms with Gasteiger partial charge in [0.1, 0.15) is 0 Å². The molecule has 0 aromatic heterocycles. The summed E-state index contributed by atoms with van der Waals surface area (Å²) in [5.41, 5.74) is 1.00. The average molecular weight is 239 g/mol. The molecule has 1 amide bonds. The number of nitrogens with one attached hydrogen (secondary N) is 1. The number of carbonyl (C=O) groups is 1. The lowest BCUT2D eigenvalue weighted by Gasteiger charge is -2.05. The predicted octanol–water partition coefficient (Wildman–Crippen LogP) is 1.67. The summed E-state index contributed by atoms with van der Waals surface area (Å²) in [5, 5.41) is 2.84. The third kappa shape index (κ3) is 5.19. The third-order valence-electron chi connectivity index (χ3n) is 2.15. The van der Waals surface area contributed by atoms with Crippen molar-refractivity contribution in [2.75, 3.05) is 20.3 Å². The Hall–Kier alpha value is -1.00. The summed E-state index contributed by atoms with van der Waals surface area (Å²) < 4.78 is 4.90. The van der Waals surface area contributed by atoms with E-state index in [1.807, 2.05) is 24.3 Å². The van der Waals surface area contributed by atoms with Crippen molar-refractivity contribution >= 4 is 18.5 Å². The summed E-state index contributed by atoms with van der Waals surface area (Å²) in [7, 11) is 1.65. The van der Waals surface area contributed by atoms with Crippen LogP contribution in [0.2, 0.25) is 0 Å². The number of rotatable bonds is 6. The lowest BCUT2D eigenvalue weighted by molar-refractivity contribution is -0.120. The number of methoxy groups -OCH3 is 1. The molecule has 0 unspecified atom stereocenters. The third-order valence-corrected chi connectivity index (χ3v) is 2.45. The Morgan fingerprint density at radius 1 is 1.38 bits per heavy atom. The minimum Gasteiger partial charge on any atom is -0.385 e. The van der Waals surface area contributed by atoms with Crippen molar-refractivity contribution in [3.63, 3.8) is 0 Å². The van der Waals surface area contributed by atoms with E-state index in [4.69, 9.17) is 4.74 Å². The fourth-order valence-corrected chi connectivity index (χ4v) is 1.46. The molecule has 0 radical (unpaired) electrons. The van der Waals surface area contributed by atoms with Crippen LogP contribution >= 0.6 is 12.6 Å². The molecule has 4 heteroatoms. The standard InChI is InChI=1S/C12H17NO2S/c1-15-8-2-7-13-12(14)9-10-3-5-11(16)6-4-10/h3-6,16H,2,7-9H2,1H3,(H,13,14). The first-order valence-electron chi connectivity index (χ1n) is 5.26. The fourth-order valence-electron chi connectivity index (χ4n) is 1.31. The smallest absolute Gasteiger partial charge is 0.224 e. The monoisotopic (exact) mass is 239 g/mol. The van der Waals surface area contributed by atoms with Gasteiger partial charge in [0, 0.05) is 25.2 Å². The zero-order valence-electron chi connectivity index (χ0n) is 9.40. The molecule has 3 nitrogen and oxygen atoms in total. The molecule has 0 bridgehead atoms. The lowest BCUT2D eigenvalue weighted by Crippen LogP contribution is -2.26. The molecule has 0 saturated heterocycles. The Labute approximate surface area is 102 Å². The van der Waals surface area contributed by atoms with Crippen LogP contribution in [0, 0.1) is 0 Å². The molecular weight excluding hydrogens is 222 g/mol. The molecule has 1 N–H and O–H groups in total. The van der Waals surface area contributed by atoms with Crippen molar-refractivity contribution in [3.05, 3.63) is 29.8 Å². The molecule has 1 aromatic carbocycles. The summed E-state index contributed by atoms with van der Waals surface area (Å²) in [6.07, 6.45) is 1.26. The first-order valence-corrected chi connectivity index (χ1v) is 5.70. The molecule has 1 rings (SSSR count). The van der Waals surface area contributed by atoms with E-state index >= 15 is 0 Å². The summed E-state index contributed by atoms with van der Waals surface area (Å²) in [5.74, 6) is 0.0445. The molecule has 88 valence electrons. The van der Waals surface area contributed by atoms with Crippen LogP contribution in [0.1, 0.15) is 12.0 Å². The van der Waals surface area contributed by atoms with Crippen LogP contribution < -0.4 is 5.32 Å². The molecule has 0 atom stereocenters. The number of carbonyl (C=O) groups excluding carboxylic acids is 1. The van der Waals surface area contributed by atoms with Crippen molar-refractivity contribution in [2.45, 2.75) is 17.7 Å². The van der Waals surface area contributed by atoms with E-state index in [9.17, 15) is 4.79 Å². The minimum absolute atomic E-state index is 0.0445. The summed E-state index contributed by atoms with van der Waals surface area (Å²) in [6.45, 7) is 1.34. The predicted molar refractivity (Wildman–Crippen MR) is 66.9 cm³/mol. The largest absolute Gasteiger partial charge is 0.385 e. The Kier molecular flexibility index (Phi) is 5.96. The highest BCUT2D eigenvalue weighted by Gasteiger charge is 2.01. The highest BCUT2D eigenvalue weighted by atomic mass is 32.1. The number of thiol groups is 1. The van der Waals surface area contributed by atoms with Gasteiger partial charge in [0.05, 0.1) is 6.42 Å². The van der Waals surface area contributed by atoms with Gasteiger partial charge in [0.2, 0.25) is 5.91 Å². The molecule has 1 aromatic rings. The van der Waals surface area contributed by atoms with Gasteiger partial charge in [-0.2, -0.15) is 0 Å². The van der Waals surface area contributed by atoms with Crippen LogP contribution in [0.15, 0.2) is 29.2 Å². The number of hydrogen-bond acceptors (Lipinski definition) is 3. The average Bonchev–Trinajstić information content (AvgIpc) is 2.28. The molecule has 0 spiro atoms. The Morgan fingerprint density at radius 3 is 2.69 bits per heavy atom. The van der Waals surface area contributed by atoms with E-state index in [-0.39, 0.29) is 5.91 Å².